The fourth-order valence-electron chi connectivity index (χ4n) is 4.48. The Morgan fingerprint density at radius 2 is 1.94 bits per heavy atom. The second-order valence-corrected chi connectivity index (χ2v) is 9.42. The number of hydrogen-bond donors (Lipinski definition) is 1. The number of aromatic amines is 1. The molecule has 0 radical (unpaired) electrons. The van der Waals surface area contributed by atoms with Crippen LogP contribution in [0.4, 0.5) is 0 Å². The maximum atomic E-state index is 13.8. The number of aromatic nitrogens is 3. The molecule has 0 spiro atoms. The van der Waals surface area contributed by atoms with Crippen LogP contribution in [0.15, 0.2) is 52.4 Å². The van der Waals surface area contributed by atoms with Crippen molar-refractivity contribution in [3.8, 4) is 11.4 Å². The number of ether oxygens (including phenoxy) is 1. The molecule has 0 atom stereocenters. The van der Waals surface area contributed by atoms with Crippen LogP contribution in [0.1, 0.15) is 24.8 Å². The first-order chi connectivity index (χ1) is 15.7. The number of nitrogens with one attached hydrogen (secondary N) is 1. The van der Waals surface area contributed by atoms with Crippen molar-refractivity contribution in [2.24, 2.45) is 0 Å². The summed E-state index contributed by atoms with van der Waals surface area (Å²) in [6.45, 7) is 5.34. The van der Waals surface area contributed by atoms with Crippen LogP contribution in [0.5, 0.6) is 5.75 Å². The van der Waals surface area contributed by atoms with Crippen LogP contribution >= 0.6 is 11.8 Å². The van der Waals surface area contributed by atoms with E-state index in [1.165, 1.54) is 19.3 Å². The number of H-pyrrole nitrogens is 1. The van der Waals surface area contributed by atoms with Gasteiger partial charge in [-0.05, 0) is 56.6 Å². The fraction of sp³-hybridized carbons (Fsp3) is 0.360. The van der Waals surface area contributed by atoms with Gasteiger partial charge in [-0.15, -0.1) is 0 Å². The molecule has 1 aliphatic rings. The molecule has 7 heteroatoms. The average molecular weight is 449 g/mol. The van der Waals surface area contributed by atoms with E-state index in [2.05, 4.69) is 9.88 Å². The number of methoxy groups -OCH3 is 1. The highest BCUT2D eigenvalue weighted by Gasteiger charge is 2.20. The number of fused-ring (bicyclic) bond motifs is 3. The van der Waals surface area contributed by atoms with Gasteiger partial charge in [-0.3, -0.25) is 4.79 Å². The van der Waals surface area contributed by atoms with E-state index in [4.69, 9.17) is 9.72 Å². The molecule has 1 aliphatic heterocycles. The van der Waals surface area contributed by atoms with Crippen molar-refractivity contribution in [2.75, 3.05) is 32.5 Å². The quantitative estimate of drug-likeness (QED) is 0.340. The SMILES string of the molecule is COc1ccc(C)cc1-n1c(SCCN2CCCCC2)nc2c([nH]c3ccccc32)c1=O. The molecule has 2 aromatic heterocycles. The molecule has 0 amide bonds. The van der Waals surface area contributed by atoms with Crippen LogP contribution in [-0.4, -0.2) is 51.9 Å². The Balaban J connectivity index is 1.63. The minimum atomic E-state index is -0.101. The smallest absolute Gasteiger partial charge is 0.283 e. The lowest BCUT2D eigenvalue weighted by molar-refractivity contribution is 0.242. The predicted molar refractivity (Wildman–Crippen MR) is 132 cm³/mol. The van der Waals surface area contributed by atoms with Crippen molar-refractivity contribution in [3.05, 3.63) is 58.4 Å². The summed E-state index contributed by atoms with van der Waals surface area (Å²) in [4.78, 5) is 24.6. The molecule has 0 unspecified atom stereocenters. The number of thioether (sulfide) groups is 1. The van der Waals surface area contributed by atoms with E-state index >= 15 is 0 Å². The summed E-state index contributed by atoms with van der Waals surface area (Å²) in [6, 6.07) is 13.8. The van der Waals surface area contributed by atoms with Gasteiger partial charge >= 0.3 is 0 Å². The van der Waals surface area contributed by atoms with Gasteiger partial charge in [0.1, 0.15) is 16.8 Å². The van der Waals surface area contributed by atoms with Gasteiger partial charge in [0.25, 0.3) is 5.56 Å². The topological polar surface area (TPSA) is 63.1 Å². The molecule has 4 aromatic rings. The van der Waals surface area contributed by atoms with Gasteiger partial charge in [-0.1, -0.05) is 42.4 Å². The Labute approximate surface area is 191 Å². The number of hydrogen-bond acceptors (Lipinski definition) is 5. The highest BCUT2D eigenvalue weighted by Crippen LogP contribution is 2.30. The summed E-state index contributed by atoms with van der Waals surface area (Å²) < 4.78 is 7.33. The highest BCUT2D eigenvalue weighted by atomic mass is 32.2. The molecule has 0 saturated carbocycles. The Morgan fingerprint density at radius 1 is 1.12 bits per heavy atom. The van der Waals surface area contributed by atoms with E-state index < -0.39 is 0 Å². The molecule has 0 bridgehead atoms. The molecular weight excluding hydrogens is 420 g/mol. The van der Waals surface area contributed by atoms with Crippen LogP contribution in [-0.2, 0) is 0 Å². The van der Waals surface area contributed by atoms with E-state index in [0.717, 1.165) is 53.1 Å². The first-order valence-corrected chi connectivity index (χ1v) is 12.2. The first-order valence-electron chi connectivity index (χ1n) is 11.2. The van der Waals surface area contributed by atoms with Gasteiger partial charge in [0.2, 0.25) is 0 Å². The number of aryl methyl sites for hydroxylation is 1. The monoisotopic (exact) mass is 448 g/mol. The van der Waals surface area contributed by atoms with E-state index in [0.29, 0.717) is 16.4 Å². The number of para-hydroxylation sites is 1. The summed E-state index contributed by atoms with van der Waals surface area (Å²) in [5.74, 6) is 1.54. The maximum Gasteiger partial charge on any atom is 0.283 e. The molecule has 0 aliphatic carbocycles. The molecule has 32 heavy (non-hydrogen) atoms. The molecule has 3 heterocycles. The summed E-state index contributed by atoms with van der Waals surface area (Å²) in [5.41, 5.74) is 3.87. The van der Waals surface area contributed by atoms with Crippen molar-refractivity contribution < 1.29 is 4.74 Å². The molecule has 5 rings (SSSR count). The third-order valence-corrected chi connectivity index (χ3v) is 7.08. The molecule has 1 fully saturated rings. The van der Waals surface area contributed by atoms with E-state index in [-0.39, 0.29) is 5.56 Å². The van der Waals surface area contributed by atoms with Gasteiger partial charge < -0.3 is 14.6 Å². The number of rotatable bonds is 6. The normalized spacial score (nSPS) is 14.9. The van der Waals surface area contributed by atoms with Gasteiger partial charge in [-0.25, -0.2) is 9.55 Å². The number of nitrogens with zero attached hydrogens (tertiary/aromatic N) is 3. The van der Waals surface area contributed by atoms with Crippen LogP contribution in [0.2, 0.25) is 0 Å². The van der Waals surface area contributed by atoms with Crippen molar-refractivity contribution in [2.45, 2.75) is 31.3 Å². The predicted octanol–water partition coefficient (Wildman–Crippen LogP) is 4.76. The largest absolute Gasteiger partial charge is 0.495 e. The van der Waals surface area contributed by atoms with Crippen LogP contribution < -0.4 is 10.3 Å². The Kier molecular flexibility index (Phi) is 5.93. The minimum absolute atomic E-state index is 0.101. The standard InChI is InChI=1S/C25H28N4O2S/c1-17-10-11-21(31-2)20(16-17)29-24(30)23-22(18-8-4-5-9-19(18)26-23)27-25(29)32-15-14-28-12-6-3-7-13-28/h4-5,8-11,16,26H,3,6-7,12-15H2,1-2H3. The lowest BCUT2D eigenvalue weighted by atomic mass is 10.1. The van der Waals surface area contributed by atoms with Crippen LogP contribution in [0.25, 0.3) is 27.6 Å². The fourth-order valence-corrected chi connectivity index (χ4v) is 5.47. The first kappa shape index (κ1) is 21.1. The zero-order chi connectivity index (χ0) is 22.1. The average Bonchev–Trinajstić information content (AvgIpc) is 3.19. The summed E-state index contributed by atoms with van der Waals surface area (Å²) in [5, 5.41) is 1.68. The summed E-state index contributed by atoms with van der Waals surface area (Å²) >= 11 is 1.64. The maximum absolute atomic E-state index is 13.8. The second kappa shape index (κ2) is 9.00. The lowest BCUT2D eigenvalue weighted by Gasteiger charge is -2.26. The van der Waals surface area contributed by atoms with E-state index in [1.807, 2.05) is 49.4 Å². The van der Waals surface area contributed by atoms with Crippen molar-refractivity contribution in [1.82, 2.24) is 19.4 Å². The molecule has 1 N–H and O–H groups in total. The Hall–Kier alpha value is -2.77. The van der Waals surface area contributed by atoms with Crippen molar-refractivity contribution >= 4 is 33.7 Å². The van der Waals surface area contributed by atoms with Gasteiger partial charge in [-0.2, -0.15) is 0 Å². The third-order valence-electron chi connectivity index (χ3n) is 6.16. The van der Waals surface area contributed by atoms with Gasteiger partial charge in [0.15, 0.2) is 5.16 Å². The number of likely N-dealkylation sites (tertiary alicyclic amines) is 1. The highest BCUT2D eigenvalue weighted by molar-refractivity contribution is 7.99. The van der Waals surface area contributed by atoms with Gasteiger partial charge in [0, 0.05) is 23.2 Å². The molecular formula is C25H28N4O2S. The van der Waals surface area contributed by atoms with E-state index in [9.17, 15) is 4.79 Å². The summed E-state index contributed by atoms with van der Waals surface area (Å²) in [7, 11) is 1.64. The lowest BCUT2D eigenvalue weighted by Crippen LogP contribution is -2.31. The van der Waals surface area contributed by atoms with E-state index in [1.54, 1.807) is 23.4 Å². The zero-order valence-corrected chi connectivity index (χ0v) is 19.4. The molecule has 6 nitrogen and oxygen atoms in total. The third kappa shape index (κ3) is 3.91. The minimum Gasteiger partial charge on any atom is -0.495 e. The number of piperidine rings is 1. The molecule has 1 saturated heterocycles. The molecule has 166 valence electrons. The zero-order valence-electron chi connectivity index (χ0n) is 18.6. The molecule has 2 aromatic carbocycles. The Morgan fingerprint density at radius 3 is 2.75 bits per heavy atom. The summed E-state index contributed by atoms with van der Waals surface area (Å²) in [6.07, 6.45) is 3.87. The second-order valence-electron chi connectivity index (χ2n) is 8.36. The number of benzene rings is 2. The van der Waals surface area contributed by atoms with Crippen molar-refractivity contribution in [1.29, 1.82) is 0 Å². The van der Waals surface area contributed by atoms with Crippen LogP contribution in [0, 0.1) is 6.92 Å². The van der Waals surface area contributed by atoms with Crippen molar-refractivity contribution in [3.63, 3.8) is 0 Å². The van der Waals surface area contributed by atoms with Gasteiger partial charge in [0.05, 0.1) is 12.8 Å². The van der Waals surface area contributed by atoms with Crippen LogP contribution in [0.3, 0.4) is 0 Å². The Bertz CT molecular complexity index is 1320.